The van der Waals surface area contributed by atoms with Crippen LogP contribution in [0.4, 0.5) is 0 Å². The first-order chi connectivity index (χ1) is 14.5. The number of hydrogen-bond donors (Lipinski definition) is 0. The second-order valence-electron chi connectivity index (χ2n) is 6.63. The topological polar surface area (TPSA) is 54.3 Å². The largest absolute Gasteiger partial charge is 0.545 e. The fourth-order valence-electron chi connectivity index (χ4n) is 3.22. The van der Waals surface area contributed by atoms with Crippen LogP contribution in [0.25, 0.3) is 16.9 Å². The number of halogens is 2. The van der Waals surface area contributed by atoms with Crippen LogP contribution in [0.1, 0.15) is 15.9 Å². The highest BCUT2D eigenvalue weighted by atomic mass is 35.5. The first kappa shape index (κ1) is 20.1. The first-order valence-electron chi connectivity index (χ1n) is 9.18. The normalized spacial score (nSPS) is 10.7. The minimum Gasteiger partial charge on any atom is -0.545 e. The van der Waals surface area contributed by atoms with E-state index in [1.165, 1.54) is 12.1 Å². The molecule has 1 aromatic heterocycles. The summed E-state index contributed by atoms with van der Waals surface area (Å²) in [4.78, 5) is 11.3. The number of aromatic nitrogens is 1. The average Bonchev–Trinajstić information content (AvgIpc) is 3.15. The highest BCUT2D eigenvalue weighted by Crippen LogP contribution is 2.37. The molecule has 0 saturated heterocycles. The van der Waals surface area contributed by atoms with Gasteiger partial charge in [0.2, 0.25) is 0 Å². The van der Waals surface area contributed by atoms with E-state index in [0.717, 1.165) is 16.8 Å². The fourth-order valence-corrected chi connectivity index (χ4v) is 3.64. The van der Waals surface area contributed by atoms with Crippen molar-refractivity contribution in [2.45, 2.75) is 6.61 Å². The van der Waals surface area contributed by atoms with Crippen LogP contribution in [0.5, 0.6) is 5.75 Å². The lowest BCUT2D eigenvalue weighted by molar-refractivity contribution is -0.255. The van der Waals surface area contributed by atoms with Crippen LogP contribution in [0.2, 0.25) is 10.2 Å². The molecule has 0 N–H and O–H groups in total. The molecule has 0 atom stereocenters. The number of benzene rings is 3. The maximum absolute atomic E-state index is 11.3. The minimum absolute atomic E-state index is 0.0647. The maximum Gasteiger partial charge on any atom is 0.129 e. The van der Waals surface area contributed by atoms with E-state index in [9.17, 15) is 9.90 Å². The Morgan fingerprint density at radius 3 is 2.47 bits per heavy atom. The molecule has 0 spiro atoms. The zero-order chi connectivity index (χ0) is 21.1. The van der Waals surface area contributed by atoms with E-state index >= 15 is 0 Å². The van der Waals surface area contributed by atoms with Gasteiger partial charge in [0.05, 0.1) is 11.7 Å². The molecule has 0 bridgehead atoms. The molecule has 150 valence electrons. The highest BCUT2D eigenvalue weighted by Gasteiger charge is 2.16. The first-order valence-corrected chi connectivity index (χ1v) is 9.94. The third-order valence-electron chi connectivity index (χ3n) is 4.63. The van der Waals surface area contributed by atoms with Gasteiger partial charge in [-0.3, -0.25) is 0 Å². The van der Waals surface area contributed by atoms with Gasteiger partial charge in [0.1, 0.15) is 17.5 Å². The lowest BCUT2D eigenvalue weighted by atomic mass is 10.1. The van der Waals surface area contributed by atoms with Gasteiger partial charge in [-0.2, -0.15) is 0 Å². The van der Waals surface area contributed by atoms with Crippen LogP contribution < -0.4 is 9.84 Å². The SMILES string of the molecule is O=C([O-])c1cccc(-n2c(Cl)ccc2-c2cc(Cl)ccc2OCc2ccccc2)c1. The van der Waals surface area contributed by atoms with Crippen LogP contribution in [-0.4, -0.2) is 10.5 Å². The summed E-state index contributed by atoms with van der Waals surface area (Å²) in [7, 11) is 0. The summed E-state index contributed by atoms with van der Waals surface area (Å²) in [5, 5.41) is 12.3. The molecule has 0 aliphatic carbocycles. The van der Waals surface area contributed by atoms with Crippen molar-refractivity contribution in [2.75, 3.05) is 0 Å². The molecule has 0 aliphatic heterocycles. The number of carbonyl (C=O) groups is 1. The number of carboxylic acids is 1. The number of rotatable bonds is 6. The number of ether oxygens (including phenoxy) is 1. The van der Waals surface area contributed by atoms with Gasteiger partial charge in [0.15, 0.2) is 0 Å². The van der Waals surface area contributed by atoms with Crippen molar-refractivity contribution in [3.63, 3.8) is 0 Å². The average molecular weight is 437 g/mol. The van der Waals surface area contributed by atoms with E-state index < -0.39 is 5.97 Å². The molecule has 4 nitrogen and oxygen atoms in total. The molecule has 30 heavy (non-hydrogen) atoms. The number of nitrogens with zero attached hydrogens (tertiary/aromatic N) is 1. The van der Waals surface area contributed by atoms with Crippen LogP contribution in [0.15, 0.2) is 84.9 Å². The molecular formula is C24H16Cl2NO3-. The Labute approximate surface area is 183 Å². The molecule has 0 amide bonds. The fraction of sp³-hybridized carbons (Fsp3) is 0.0417. The summed E-state index contributed by atoms with van der Waals surface area (Å²) in [5.41, 5.74) is 3.16. The summed E-state index contributed by atoms with van der Waals surface area (Å²) >= 11 is 12.7. The van der Waals surface area contributed by atoms with E-state index in [-0.39, 0.29) is 5.56 Å². The van der Waals surface area contributed by atoms with E-state index in [0.29, 0.717) is 28.2 Å². The third-order valence-corrected chi connectivity index (χ3v) is 5.16. The van der Waals surface area contributed by atoms with E-state index in [1.807, 2.05) is 42.5 Å². The van der Waals surface area contributed by atoms with Crippen molar-refractivity contribution in [3.05, 3.63) is 106 Å². The Bertz CT molecular complexity index is 1200. The van der Waals surface area contributed by atoms with E-state index in [2.05, 4.69) is 0 Å². The maximum atomic E-state index is 11.3. The van der Waals surface area contributed by atoms with Crippen molar-refractivity contribution in [2.24, 2.45) is 0 Å². The molecule has 0 fully saturated rings. The predicted octanol–water partition coefficient (Wildman–Crippen LogP) is 5.39. The monoisotopic (exact) mass is 436 g/mol. The molecule has 1 heterocycles. The van der Waals surface area contributed by atoms with Crippen molar-refractivity contribution in [1.82, 2.24) is 4.57 Å². The molecule has 4 aromatic rings. The van der Waals surface area contributed by atoms with Crippen LogP contribution in [-0.2, 0) is 6.61 Å². The smallest absolute Gasteiger partial charge is 0.129 e. The third kappa shape index (κ3) is 4.20. The second kappa shape index (κ2) is 8.66. The minimum atomic E-state index is -1.25. The van der Waals surface area contributed by atoms with Crippen LogP contribution in [0.3, 0.4) is 0 Å². The van der Waals surface area contributed by atoms with E-state index in [1.54, 1.807) is 34.9 Å². The zero-order valence-electron chi connectivity index (χ0n) is 15.7. The molecule has 0 saturated carbocycles. The summed E-state index contributed by atoms with van der Waals surface area (Å²) in [6.07, 6.45) is 0. The molecule has 6 heteroatoms. The van der Waals surface area contributed by atoms with Gasteiger partial charge in [-0.25, -0.2) is 0 Å². The lowest BCUT2D eigenvalue weighted by Gasteiger charge is -2.16. The molecule has 0 radical (unpaired) electrons. The van der Waals surface area contributed by atoms with Crippen molar-refractivity contribution in [3.8, 4) is 22.7 Å². The molecule has 3 aromatic carbocycles. The Morgan fingerprint density at radius 2 is 1.70 bits per heavy atom. The molecule has 4 rings (SSSR count). The summed E-state index contributed by atoms with van der Waals surface area (Å²) in [6.45, 7) is 0.393. The van der Waals surface area contributed by atoms with Gasteiger partial charge >= 0.3 is 0 Å². The van der Waals surface area contributed by atoms with Crippen molar-refractivity contribution < 1.29 is 14.6 Å². The second-order valence-corrected chi connectivity index (χ2v) is 7.45. The summed E-state index contributed by atoms with van der Waals surface area (Å²) < 4.78 is 7.82. The lowest BCUT2D eigenvalue weighted by Crippen LogP contribution is -2.22. The van der Waals surface area contributed by atoms with Gasteiger partial charge in [0.25, 0.3) is 0 Å². The van der Waals surface area contributed by atoms with Gasteiger partial charge in [-0.1, -0.05) is 65.7 Å². The number of hydrogen-bond acceptors (Lipinski definition) is 3. The predicted molar refractivity (Wildman–Crippen MR) is 116 cm³/mol. The Kier molecular flexibility index (Phi) is 5.79. The standard InChI is InChI=1S/C24H17Cl2NO3/c25-18-9-11-22(30-15-16-5-2-1-3-6-16)20(14-18)21-10-12-23(26)27(21)19-8-4-7-17(13-19)24(28)29/h1-14H,15H2,(H,28,29)/p-1. The Morgan fingerprint density at radius 1 is 0.900 bits per heavy atom. The molecule has 0 unspecified atom stereocenters. The van der Waals surface area contributed by atoms with E-state index in [4.69, 9.17) is 27.9 Å². The van der Waals surface area contributed by atoms with Crippen LogP contribution in [0, 0.1) is 0 Å². The van der Waals surface area contributed by atoms with Gasteiger partial charge in [0, 0.05) is 16.3 Å². The van der Waals surface area contributed by atoms with Gasteiger partial charge < -0.3 is 19.2 Å². The Balaban J connectivity index is 1.77. The van der Waals surface area contributed by atoms with Gasteiger partial charge in [-0.15, -0.1) is 0 Å². The summed E-state index contributed by atoms with van der Waals surface area (Å²) in [6, 6.07) is 25.2. The van der Waals surface area contributed by atoms with Crippen molar-refractivity contribution in [1.29, 1.82) is 0 Å². The zero-order valence-corrected chi connectivity index (χ0v) is 17.2. The number of carbonyl (C=O) groups excluding carboxylic acids is 1. The van der Waals surface area contributed by atoms with Crippen molar-refractivity contribution >= 4 is 29.2 Å². The highest BCUT2D eigenvalue weighted by molar-refractivity contribution is 6.31. The number of aromatic carboxylic acids is 1. The van der Waals surface area contributed by atoms with Crippen LogP contribution >= 0.6 is 23.2 Å². The number of carboxylic acid groups (broad SMARTS) is 1. The summed E-state index contributed by atoms with van der Waals surface area (Å²) in [5.74, 6) is -0.619. The molecule has 0 aliphatic rings. The molecular weight excluding hydrogens is 421 g/mol. The van der Waals surface area contributed by atoms with Gasteiger partial charge in [-0.05, 0) is 53.6 Å². The quantitative estimate of drug-likeness (QED) is 0.406. The Hall–Kier alpha value is -3.21.